The molecular weight excluding hydrogens is 212 g/mol. The molecule has 0 saturated carbocycles. The number of rotatable bonds is 6. The maximum absolute atomic E-state index is 5.63. The van der Waals surface area contributed by atoms with E-state index >= 15 is 0 Å². The summed E-state index contributed by atoms with van der Waals surface area (Å²) in [4.78, 5) is 0. The molecule has 0 aliphatic carbocycles. The Morgan fingerprint density at radius 3 is 2.94 bits per heavy atom. The quantitative estimate of drug-likeness (QED) is 0.821. The Labute approximate surface area is 104 Å². The number of hydrogen-bond acceptors (Lipinski definition) is 3. The molecule has 4 nitrogen and oxygen atoms in total. The van der Waals surface area contributed by atoms with E-state index in [4.69, 9.17) is 5.73 Å². The summed E-state index contributed by atoms with van der Waals surface area (Å²) >= 11 is 0. The molecule has 17 heavy (non-hydrogen) atoms. The van der Waals surface area contributed by atoms with E-state index in [2.05, 4.69) is 21.7 Å². The third-order valence-electron chi connectivity index (χ3n) is 3.86. The number of aromatic nitrogens is 3. The standard InChI is InChI=1S/C13H24N4/c1-2-11(8-9-14)6-7-13-16-15-12-5-3-4-10-17(12)13/h11H,2-10,14H2,1H3. The lowest BCUT2D eigenvalue weighted by atomic mass is 9.96. The zero-order chi connectivity index (χ0) is 12.1. The largest absolute Gasteiger partial charge is 0.330 e. The lowest BCUT2D eigenvalue weighted by molar-refractivity contribution is 0.428. The van der Waals surface area contributed by atoms with Crippen molar-refractivity contribution in [3.8, 4) is 0 Å². The predicted molar refractivity (Wildman–Crippen MR) is 68.7 cm³/mol. The van der Waals surface area contributed by atoms with Gasteiger partial charge in [-0.05, 0) is 38.1 Å². The first-order valence-corrected chi connectivity index (χ1v) is 6.96. The predicted octanol–water partition coefficient (Wildman–Crippen LogP) is 1.92. The van der Waals surface area contributed by atoms with Crippen LogP contribution in [0.4, 0.5) is 0 Å². The third kappa shape index (κ3) is 3.06. The molecule has 0 bridgehead atoms. The van der Waals surface area contributed by atoms with E-state index in [0.29, 0.717) is 0 Å². The molecule has 96 valence electrons. The van der Waals surface area contributed by atoms with Gasteiger partial charge in [-0.3, -0.25) is 0 Å². The van der Waals surface area contributed by atoms with Gasteiger partial charge >= 0.3 is 0 Å². The molecule has 2 rings (SSSR count). The molecule has 0 fully saturated rings. The molecule has 0 radical (unpaired) electrons. The molecule has 1 aliphatic heterocycles. The van der Waals surface area contributed by atoms with Gasteiger partial charge in [0.25, 0.3) is 0 Å². The van der Waals surface area contributed by atoms with Crippen LogP contribution in [0, 0.1) is 5.92 Å². The molecule has 1 atom stereocenters. The second kappa shape index (κ2) is 6.15. The van der Waals surface area contributed by atoms with E-state index in [1.165, 1.54) is 37.3 Å². The van der Waals surface area contributed by atoms with Gasteiger partial charge in [-0.2, -0.15) is 0 Å². The summed E-state index contributed by atoms with van der Waals surface area (Å²) in [5.74, 6) is 3.13. The summed E-state index contributed by atoms with van der Waals surface area (Å²) in [6, 6.07) is 0. The second-order valence-corrected chi connectivity index (χ2v) is 5.03. The van der Waals surface area contributed by atoms with Gasteiger partial charge in [-0.1, -0.05) is 13.3 Å². The zero-order valence-corrected chi connectivity index (χ0v) is 10.9. The number of hydrogen-bond donors (Lipinski definition) is 1. The van der Waals surface area contributed by atoms with E-state index in [1.807, 2.05) is 0 Å². The Hall–Kier alpha value is -0.900. The Balaban J connectivity index is 1.92. The molecule has 2 N–H and O–H groups in total. The molecule has 1 aromatic rings. The number of nitrogens with two attached hydrogens (primary N) is 1. The molecule has 0 spiro atoms. The first-order chi connectivity index (χ1) is 8.35. The SMILES string of the molecule is CCC(CCN)CCc1nnc2n1CCCC2. The Kier molecular flexibility index (Phi) is 4.54. The second-order valence-electron chi connectivity index (χ2n) is 5.03. The number of aryl methyl sites for hydroxylation is 2. The number of nitrogens with zero attached hydrogens (tertiary/aromatic N) is 3. The first-order valence-electron chi connectivity index (χ1n) is 6.96. The normalized spacial score (nSPS) is 16.8. The van der Waals surface area contributed by atoms with Gasteiger partial charge in [0.1, 0.15) is 11.6 Å². The van der Waals surface area contributed by atoms with Crippen LogP contribution in [0.25, 0.3) is 0 Å². The van der Waals surface area contributed by atoms with E-state index in [1.54, 1.807) is 0 Å². The van der Waals surface area contributed by atoms with Gasteiger partial charge in [-0.15, -0.1) is 10.2 Å². The fourth-order valence-electron chi connectivity index (χ4n) is 2.67. The van der Waals surface area contributed by atoms with E-state index in [-0.39, 0.29) is 0 Å². The highest BCUT2D eigenvalue weighted by Crippen LogP contribution is 2.19. The van der Waals surface area contributed by atoms with Crippen LogP contribution >= 0.6 is 0 Å². The average Bonchev–Trinajstić information content (AvgIpc) is 2.78. The van der Waals surface area contributed by atoms with Crippen LogP contribution in [0.3, 0.4) is 0 Å². The van der Waals surface area contributed by atoms with Crippen molar-refractivity contribution < 1.29 is 0 Å². The van der Waals surface area contributed by atoms with Crippen LogP contribution in [-0.4, -0.2) is 21.3 Å². The monoisotopic (exact) mass is 236 g/mol. The van der Waals surface area contributed by atoms with Crippen LogP contribution in [0.2, 0.25) is 0 Å². The summed E-state index contributed by atoms with van der Waals surface area (Å²) < 4.78 is 2.33. The average molecular weight is 236 g/mol. The summed E-state index contributed by atoms with van der Waals surface area (Å²) in [5, 5.41) is 8.64. The van der Waals surface area contributed by atoms with Crippen molar-refractivity contribution in [1.29, 1.82) is 0 Å². The van der Waals surface area contributed by atoms with Crippen molar-refractivity contribution in [3.05, 3.63) is 11.6 Å². The Morgan fingerprint density at radius 1 is 1.29 bits per heavy atom. The van der Waals surface area contributed by atoms with Crippen molar-refractivity contribution in [2.75, 3.05) is 6.54 Å². The lowest BCUT2D eigenvalue weighted by Crippen LogP contribution is -2.15. The first kappa shape index (κ1) is 12.6. The van der Waals surface area contributed by atoms with Gasteiger partial charge in [0.15, 0.2) is 0 Å². The topological polar surface area (TPSA) is 56.7 Å². The highest BCUT2D eigenvalue weighted by atomic mass is 15.3. The van der Waals surface area contributed by atoms with Crippen LogP contribution in [0.5, 0.6) is 0 Å². The summed E-state index contributed by atoms with van der Waals surface area (Å²) in [7, 11) is 0. The lowest BCUT2D eigenvalue weighted by Gasteiger charge is -2.16. The van der Waals surface area contributed by atoms with Gasteiger partial charge in [-0.25, -0.2) is 0 Å². The van der Waals surface area contributed by atoms with Crippen LogP contribution in [0.1, 0.15) is 50.7 Å². The van der Waals surface area contributed by atoms with E-state index in [0.717, 1.165) is 38.3 Å². The highest BCUT2D eigenvalue weighted by molar-refractivity contribution is 4.99. The van der Waals surface area contributed by atoms with Crippen LogP contribution < -0.4 is 5.73 Å². The van der Waals surface area contributed by atoms with Crippen molar-refractivity contribution in [2.45, 2.75) is 58.4 Å². The zero-order valence-electron chi connectivity index (χ0n) is 10.9. The fourth-order valence-corrected chi connectivity index (χ4v) is 2.67. The van der Waals surface area contributed by atoms with Gasteiger partial charge in [0.2, 0.25) is 0 Å². The highest BCUT2D eigenvalue weighted by Gasteiger charge is 2.16. The van der Waals surface area contributed by atoms with E-state index in [9.17, 15) is 0 Å². The summed E-state index contributed by atoms with van der Waals surface area (Å²) in [6.07, 6.45) is 8.26. The minimum absolute atomic E-state index is 0.747. The van der Waals surface area contributed by atoms with Gasteiger partial charge in [0, 0.05) is 19.4 Å². The van der Waals surface area contributed by atoms with Gasteiger partial charge in [0.05, 0.1) is 0 Å². The van der Waals surface area contributed by atoms with Crippen molar-refractivity contribution in [2.24, 2.45) is 11.7 Å². The summed E-state index contributed by atoms with van der Waals surface area (Å²) in [5.41, 5.74) is 5.63. The Bertz CT molecular complexity index is 345. The molecule has 4 heteroatoms. The molecule has 0 saturated heterocycles. The minimum atomic E-state index is 0.747. The maximum atomic E-state index is 5.63. The molecule has 2 heterocycles. The molecular formula is C13H24N4. The maximum Gasteiger partial charge on any atom is 0.133 e. The van der Waals surface area contributed by atoms with Gasteiger partial charge < -0.3 is 10.3 Å². The van der Waals surface area contributed by atoms with E-state index < -0.39 is 0 Å². The van der Waals surface area contributed by atoms with Crippen LogP contribution in [0.15, 0.2) is 0 Å². The van der Waals surface area contributed by atoms with Crippen LogP contribution in [-0.2, 0) is 19.4 Å². The minimum Gasteiger partial charge on any atom is -0.330 e. The Morgan fingerprint density at radius 2 is 2.18 bits per heavy atom. The smallest absolute Gasteiger partial charge is 0.133 e. The van der Waals surface area contributed by atoms with Crippen molar-refractivity contribution >= 4 is 0 Å². The number of fused-ring (bicyclic) bond motifs is 1. The molecule has 1 unspecified atom stereocenters. The van der Waals surface area contributed by atoms with Crippen molar-refractivity contribution in [3.63, 3.8) is 0 Å². The summed E-state index contributed by atoms with van der Waals surface area (Å²) in [6.45, 7) is 4.17. The molecule has 0 aromatic carbocycles. The molecule has 1 aromatic heterocycles. The molecule has 0 amide bonds. The third-order valence-corrected chi connectivity index (χ3v) is 3.86. The molecule has 1 aliphatic rings. The fraction of sp³-hybridized carbons (Fsp3) is 0.846. The van der Waals surface area contributed by atoms with Crippen molar-refractivity contribution in [1.82, 2.24) is 14.8 Å².